The van der Waals surface area contributed by atoms with E-state index in [9.17, 15) is 0 Å². The van der Waals surface area contributed by atoms with Gasteiger partial charge in [0.05, 0.1) is 0 Å². The molecule has 1 N–H and O–H groups in total. The van der Waals surface area contributed by atoms with Crippen molar-refractivity contribution >= 4 is 0 Å². The predicted molar refractivity (Wildman–Crippen MR) is 63.9 cm³/mol. The number of hydrogen-bond donors (Lipinski definition) is 1. The highest BCUT2D eigenvalue weighted by molar-refractivity contribution is 5.24. The molecule has 0 bridgehead atoms. The fourth-order valence-electron chi connectivity index (χ4n) is 2.21. The molecule has 0 saturated carbocycles. The van der Waals surface area contributed by atoms with Crippen LogP contribution in [-0.4, -0.2) is 32.3 Å². The molecule has 17 heavy (non-hydrogen) atoms. The number of rotatable bonds is 3. The van der Waals surface area contributed by atoms with Gasteiger partial charge in [-0.1, -0.05) is 6.07 Å². The third kappa shape index (κ3) is 2.34. The second kappa shape index (κ2) is 4.63. The van der Waals surface area contributed by atoms with Crippen LogP contribution in [0.1, 0.15) is 18.4 Å². The minimum Gasteiger partial charge on any atom is -0.314 e. The Balaban J connectivity index is 1.71. The zero-order chi connectivity index (χ0) is 11.5. The van der Waals surface area contributed by atoms with Gasteiger partial charge in [-0.2, -0.15) is 5.10 Å². The van der Waals surface area contributed by atoms with Crippen LogP contribution in [0.25, 0.3) is 5.82 Å². The van der Waals surface area contributed by atoms with E-state index in [4.69, 9.17) is 0 Å². The SMILES string of the molecule is c1ncn(-c2ccc(CC3CCCN3)cn2)n1. The summed E-state index contributed by atoms with van der Waals surface area (Å²) in [6, 6.07) is 4.72. The molecule has 0 amide bonds. The van der Waals surface area contributed by atoms with Crippen molar-refractivity contribution < 1.29 is 0 Å². The van der Waals surface area contributed by atoms with Gasteiger partial charge >= 0.3 is 0 Å². The average molecular weight is 229 g/mol. The summed E-state index contributed by atoms with van der Waals surface area (Å²) < 4.78 is 1.66. The van der Waals surface area contributed by atoms with Gasteiger partial charge in [-0.3, -0.25) is 0 Å². The number of aromatic nitrogens is 4. The van der Waals surface area contributed by atoms with E-state index in [0.717, 1.165) is 18.8 Å². The molecule has 5 nitrogen and oxygen atoms in total. The van der Waals surface area contributed by atoms with Crippen LogP contribution in [0.3, 0.4) is 0 Å². The average Bonchev–Trinajstić information content (AvgIpc) is 3.01. The molecular formula is C12H15N5. The molecule has 1 atom stereocenters. The van der Waals surface area contributed by atoms with E-state index >= 15 is 0 Å². The molecule has 1 aliphatic heterocycles. The maximum Gasteiger partial charge on any atom is 0.155 e. The van der Waals surface area contributed by atoms with E-state index in [1.807, 2.05) is 12.3 Å². The van der Waals surface area contributed by atoms with Crippen LogP contribution in [0.4, 0.5) is 0 Å². The van der Waals surface area contributed by atoms with Crippen molar-refractivity contribution in [2.24, 2.45) is 0 Å². The van der Waals surface area contributed by atoms with Crippen LogP contribution in [0.2, 0.25) is 0 Å². The first-order chi connectivity index (χ1) is 8.42. The lowest BCUT2D eigenvalue weighted by molar-refractivity contribution is 0.602. The van der Waals surface area contributed by atoms with Gasteiger partial charge in [-0.25, -0.2) is 14.6 Å². The number of nitrogens with zero attached hydrogens (tertiary/aromatic N) is 4. The normalized spacial score (nSPS) is 19.6. The highest BCUT2D eigenvalue weighted by atomic mass is 15.3. The first-order valence-electron chi connectivity index (χ1n) is 5.95. The van der Waals surface area contributed by atoms with Crippen molar-refractivity contribution in [1.29, 1.82) is 0 Å². The molecular weight excluding hydrogens is 214 g/mol. The van der Waals surface area contributed by atoms with Crippen LogP contribution in [0.15, 0.2) is 31.0 Å². The summed E-state index contributed by atoms with van der Waals surface area (Å²) in [5.74, 6) is 0.811. The van der Waals surface area contributed by atoms with Crippen LogP contribution in [0, 0.1) is 0 Å². The molecule has 1 saturated heterocycles. The van der Waals surface area contributed by atoms with Crippen molar-refractivity contribution in [1.82, 2.24) is 25.1 Å². The number of nitrogens with one attached hydrogen (secondary N) is 1. The van der Waals surface area contributed by atoms with Crippen molar-refractivity contribution in [3.05, 3.63) is 36.5 Å². The maximum absolute atomic E-state index is 4.40. The second-order valence-corrected chi connectivity index (χ2v) is 4.36. The Bertz CT molecular complexity index is 456. The Morgan fingerprint density at radius 2 is 2.41 bits per heavy atom. The Hall–Kier alpha value is -1.75. The Morgan fingerprint density at radius 1 is 1.41 bits per heavy atom. The fraction of sp³-hybridized carbons (Fsp3) is 0.417. The van der Waals surface area contributed by atoms with Gasteiger partial charge in [0.15, 0.2) is 5.82 Å². The van der Waals surface area contributed by atoms with Crippen LogP contribution < -0.4 is 5.32 Å². The quantitative estimate of drug-likeness (QED) is 0.851. The summed E-state index contributed by atoms with van der Waals surface area (Å²) in [6.45, 7) is 1.15. The second-order valence-electron chi connectivity index (χ2n) is 4.36. The zero-order valence-electron chi connectivity index (χ0n) is 9.58. The minimum atomic E-state index is 0.619. The summed E-state index contributed by atoms with van der Waals surface area (Å²) in [5, 5.41) is 7.54. The molecule has 5 heteroatoms. The van der Waals surface area contributed by atoms with Gasteiger partial charge in [-0.05, 0) is 37.4 Å². The smallest absolute Gasteiger partial charge is 0.155 e. The summed E-state index contributed by atoms with van der Waals surface area (Å²) >= 11 is 0. The van der Waals surface area contributed by atoms with E-state index in [-0.39, 0.29) is 0 Å². The molecule has 0 aliphatic carbocycles. The highest BCUT2D eigenvalue weighted by Crippen LogP contribution is 2.12. The lowest BCUT2D eigenvalue weighted by atomic mass is 10.1. The third-order valence-corrected chi connectivity index (χ3v) is 3.11. The monoisotopic (exact) mass is 229 g/mol. The largest absolute Gasteiger partial charge is 0.314 e. The molecule has 0 spiro atoms. The molecule has 3 rings (SSSR count). The van der Waals surface area contributed by atoms with Gasteiger partial charge in [0.25, 0.3) is 0 Å². The Labute approximate surface area is 99.9 Å². The summed E-state index contributed by atoms with van der Waals surface area (Å²) in [5.41, 5.74) is 1.27. The van der Waals surface area contributed by atoms with Crippen molar-refractivity contribution in [2.45, 2.75) is 25.3 Å². The Kier molecular flexibility index (Phi) is 2.83. The summed E-state index contributed by atoms with van der Waals surface area (Å²) in [4.78, 5) is 8.30. The van der Waals surface area contributed by atoms with Gasteiger partial charge in [0.1, 0.15) is 12.7 Å². The topological polar surface area (TPSA) is 55.6 Å². The van der Waals surface area contributed by atoms with Gasteiger partial charge in [0.2, 0.25) is 0 Å². The summed E-state index contributed by atoms with van der Waals surface area (Å²) in [7, 11) is 0. The van der Waals surface area contributed by atoms with Gasteiger partial charge in [0, 0.05) is 12.2 Å². The summed E-state index contributed by atoms with van der Waals surface area (Å²) in [6.07, 6.45) is 8.71. The third-order valence-electron chi connectivity index (χ3n) is 3.11. The highest BCUT2D eigenvalue weighted by Gasteiger charge is 2.14. The van der Waals surface area contributed by atoms with E-state index in [1.54, 1.807) is 11.0 Å². The number of pyridine rings is 1. The molecule has 1 fully saturated rings. The van der Waals surface area contributed by atoms with Crippen LogP contribution >= 0.6 is 0 Å². The Morgan fingerprint density at radius 3 is 3.06 bits per heavy atom. The molecule has 2 aromatic rings. The van der Waals surface area contributed by atoms with E-state index < -0.39 is 0 Å². The number of hydrogen-bond acceptors (Lipinski definition) is 4. The lowest BCUT2D eigenvalue weighted by Crippen LogP contribution is -2.23. The standard InChI is InChI=1S/C12H15N5/c1-2-11(14-5-1)6-10-3-4-12(15-7-10)17-9-13-8-16-17/h3-4,7-9,11,14H,1-2,5-6H2. The maximum atomic E-state index is 4.40. The first-order valence-corrected chi connectivity index (χ1v) is 5.95. The molecule has 0 aromatic carbocycles. The van der Waals surface area contributed by atoms with Crippen molar-refractivity contribution in [2.75, 3.05) is 6.54 Å². The van der Waals surface area contributed by atoms with Gasteiger partial charge in [-0.15, -0.1) is 0 Å². The molecule has 1 unspecified atom stereocenters. The molecule has 1 aliphatic rings. The lowest BCUT2D eigenvalue weighted by Gasteiger charge is -2.09. The predicted octanol–water partition coefficient (Wildman–Crippen LogP) is 0.957. The fourth-order valence-corrected chi connectivity index (χ4v) is 2.21. The first kappa shape index (κ1) is 10.4. The van der Waals surface area contributed by atoms with Crippen molar-refractivity contribution in [3.63, 3.8) is 0 Å². The molecule has 2 aromatic heterocycles. The van der Waals surface area contributed by atoms with Gasteiger partial charge < -0.3 is 5.32 Å². The molecule has 3 heterocycles. The van der Waals surface area contributed by atoms with E-state index in [1.165, 1.54) is 24.7 Å². The zero-order valence-corrected chi connectivity index (χ0v) is 9.58. The van der Waals surface area contributed by atoms with Crippen LogP contribution in [0.5, 0.6) is 0 Å². The van der Waals surface area contributed by atoms with Crippen molar-refractivity contribution in [3.8, 4) is 5.82 Å². The van der Waals surface area contributed by atoms with E-state index in [0.29, 0.717) is 6.04 Å². The molecule has 88 valence electrons. The van der Waals surface area contributed by atoms with Crippen LogP contribution in [-0.2, 0) is 6.42 Å². The minimum absolute atomic E-state index is 0.619. The van der Waals surface area contributed by atoms with E-state index in [2.05, 4.69) is 26.4 Å². The molecule has 0 radical (unpaired) electrons.